The summed E-state index contributed by atoms with van der Waals surface area (Å²) in [6.07, 6.45) is 2.90. The van der Waals surface area contributed by atoms with Crippen LogP contribution in [0.15, 0.2) is 18.2 Å². The Hall–Kier alpha value is -0.560. The molecule has 0 aliphatic rings. The van der Waals surface area contributed by atoms with Crippen LogP contribution in [0.4, 0.5) is 4.39 Å². The summed E-state index contributed by atoms with van der Waals surface area (Å²) in [5, 5.41) is 0.464. The minimum atomic E-state index is -0.185. The van der Waals surface area contributed by atoms with E-state index in [1.807, 2.05) is 0 Å². The van der Waals surface area contributed by atoms with Gasteiger partial charge in [-0.25, -0.2) is 4.39 Å². The third kappa shape index (κ3) is 3.20. The molecule has 0 spiro atoms. The molecule has 0 radical (unpaired) electrons. The van der Waals surface area contributed by atoms with E-state index in [0.717, 1.165) is 24.8 Å². The number of benzene rings is 1. The fourth-order valence-electron chi connectivity index (χ4n) is 1.62. The lowest BCUT2D eigenvalue weighted by Gasteiger charge is -2.26. The maximum absolute atomic E-state index is 13.6. The van der Waals surface area contributed by atoms with Gasteiger partial charge >= 0.3 is 0 Å². The van der Waals surface area contributed by atoms with Crippen LogP contribution in [0, 0.1) is 11.2 Å². The van der Waals surface area contributed by atoms with E-state index in [1.54, 1.807) is 12.1 Å². The first kappa shape index (κ1) is 12.5. The molecule has 0 saturated heterocycles. The van der Waals surface area contributed by atoms with Crippen molar-refractivity contribution in [2.24, 2.45) is 5.41 Å². The van der Waals surface area contributed by atoms with Gasteiger partial charge in [0, 0.05) is 5.02 Å². The van der Waals surface area contributed by atoms with Crippen molar-refractivity contribution >= 4 is 11.6 Å². The van der Waals surface area contributed by atoms with Crippen LogP contribution in [-0.4, -0.2) is 0 Å². The van der Waals surface area contributed by atoms with Gasteiger partial charge in [-0.3, -0.25) is 0 Å². The maximum atomic E-state index is 13.6. The van der Waals surface area contributed by atoms with E-state index in [-0.39, 0.29) is 11.2 Å². The predicted octanol–water partition coefficient (Wildman–Crippen LogP) is 4.85. The topological polar surface area (TPSA) is 0 Å². The van der Waals surface area contributed by atoms with E-state index in [0.29, 0.717) is 5.02 Å². The molecule has 2 heteroatoms. The van der Waals surface area contributed by atoms with E-state index in [2.05, 4.69) is 20.8 Å². The van der Waals surface area contributed by atoms with E-state index in [1.165, 1.54) is 6.07 Å². The molecule has 0 saturated carbocycles. The molecule has 1 rings (SSSR count). The van der Waals surface area contributed by atoms with Gasteiger partial charge in [0.1, 0.15) is 5.82 Å². The summed E-state index contributed by atoms with van der Waals surface area (Å²) in [5.74, 6) is -0.185. The highest BCUT2D eigenvalue weighted by Crippen LogP contribution is 2.31. The van der Waals surface area contributed by atoms with Gasteiger partial charge in [-0.05, 0) is 29.5 Å². The summed E-state index contributed by atoms with van der Waals surface area (Å²) < 4.78 is 13.6. The average Bonchev–Trinajstić information content (AvgIpc) is 2.22. The first-order valence-electron chi connectivity index (χ1n) is 5.44. The van der Waals surface area contributed by atoms with Crippen molar-refractivity contribution in [1.29, 1.82) is 0 Å². The molecular formula is C13H18ClF. The second-order valence-corrected chi connectivity index (χ2v) is 4.87. The normalized spacial score (nSPS) is 11.8. The maximum Gasteiger partial charge on any atom is 0.127 e. The highest BCUT2D eigenvalue weighted by molar-refractivity contribution is 6.30. The molecular weight excluding hydrogens is 211 g/mol. The Morgan fingerprint density at radius 1 is 1.27 bits per heavy atom. The van der Waals surface area contributed by atoms with Gasteiger partial charge < -0.3 is 0 Å². The zero-order chi connectivity index (χ0) is 11.5. The monoisotopic (exact) mass is 228 g/mol. The third-order valence-corrected chi connectivity index (χ3v) is 3.57. The second-order valence-electron chi connectivity index (χ2n) is 4.43. The molecule has 0 N–H and O–H groups in total. The van der Waals surface area contributed by atoms with E-state index in [4.69, 9.17) is 11.6 Å². The number of rotatable bonds is 4. The smallest absolute Gasteiger partial charge is 0.127 e. The summed E-state index contributed by atoms with van der Waals surface area (Å²) in [4.78, 5) is 0. The predicted molar refractivity (Wildman–Crippen MR) is 63.8 cm³/mol. The van der Waals surface area contributed by atoms with Gasteiger partial charge in [-0.15, -0.1) is 0 Å². The highest BCUT2D eigenvalue weighted by Gasteiger charge is 2.21. The van der Waals surface area contributed by atoms with E-state index >= 15 is 0 Å². The van der Waals surface area contributed by atoms with E-state index in [9.17, 15) is 4.39 Å². The Kier molecular flexibility index (Phi) is 4.15. The molecule has 84 valence electrons. The molecule has 0 amide bonds. The zero-order valence-corrected chi connectivity index (χ0v) is 10.4. The minimum Gasteiger partial charge on any atom is -0.207 e. The molecule has 0 nitrogen and oxygen atoms in total. The molecule has 1 aromatic rings. The largest absolute Gasteiger partial charge is 0.207 e. The molecule has 0 heterocycles. The molecule has 1 aromatic carbocycles. The minimum absolute atomic E-state index is 0.185. The summed E-state index contributed by atoms with van der Waals surface area (Å²) in [7, 11) is 0. The van der Waals surface area contributed by atoms with Gasteiger partial charge in [-0.2, -0.15) is 0 Å². The Morgan fingerprint density at radius 2 is 1.87 bits per heavy atom. The lowest BCUT2D eigenvalue weighted by molar-refractivity contribution is 0.292. The Bertz CT molecular complexity index is 329. The molecule has 15 heavy (non-hydrogen) atoms. The Balaban J connectivity index is 2.89. The second kappa shape index (κ2) is 4.98. The summed E-state index contributed by atoms with van der Waals surface area (Å²) in [5.41, 5.74) is 0.958. The molecule has 0 aliphatic carbocycles. The standard InChI is InChI=1S/C13H18ClF/c1-4-13(3,5-2)9-10-6-7-11(14)8-12(10)15/h6-8H,4-5,9H2,1-3H3. The fourth-order valence-corrected chi connectivity index (χ4v) is 1.78. The van der Waals surface area contributed by atoms with Gasteiger partial charge in [0.05, 0.1) is 0 Å². The lowest BCUT2D eigenvalue weighted by Crippen LogP contribution is -2.18. The van der Waals surface area contributed by atoms with Gasteiger partial charge in [-0.1, -0.05) is 51.3 Å². The third-order valence-electron chi connectivity index (χ3n) is 3.34. The van der Waals surface area contributed by atoms with E-state index < -0.39 is 0 Å². The molecule has 0 aromatic heterocycles. The molecule has 0 aliphatic heterocycles. The zero-order valence-electron chi connectivity index (χ0n) is 9.61. The van der Waals surface area contributed by atoms with Crippen molar-refractivity contribution in [2.75, 3.05) is 0 Å². The van der Waals surface area contributed by atoms with Crippen LogP contribution in [0.1, 0.15) is 39.2 Å². The van der Waals surface area contributed by atoms with Crippen molar-refractivity contribution in [2.45, 2.75) is 40.0 Å². The van der Waals surface area contributed by atoms with Crippen LogP contribution in [0.25, 0.3) is 0 Å². The van der Waals surface area contributed by atoms with Crippen molar-refractivity contribution < 1.29 is 4.39 Å². The lowest BCUT2D eigenvalue weighted by atomic mass is 9.79. The summed E-state index contributed by atoms with van der Waals surface area (Å²) in [6.45, 7) is 6.50. The van der Waals surface area contributed by atoms with Crippen LogP contribution in [0.5, 0.6) is 0 Å². The Morgan fingerprint density at radius 3 is 2.33 bits per heavy atom. The average molecular weight is 229 g/mol. The van der Waals surface area contributed by atoms with Gasteiger partial charge in [0.25, 0.3) is 0 Å². The van der Waals surface area contributed by atoms with Crippen molar-refractivity contribution in [3.05, 3.63) is 34.6 Å². The number of halogens is 2. The van der Waals surface area contributed by atoms with Gasteiger partial charge in [0.15, 0.2) is 0 Å². The van der Waals surface area contributed by atoms with Crippen molar-refractivity contribution in [3.8, 4) is 0 Å². The molecule has 0 unspecified atom stereocenters. The van der Waals surface area contributed by atoms with Crippen LogP contribution in [0.2, 0.25) is 5.02 Å². The van der Waals surface area contributed by atoms with Crippen LogP contribution >= 0.6 is 11.6 Å². The summed E-state index contributed by atoms with van der Waals surface area (Å²) >= 11 is 5.72. The van der Waals surface area contributed by atoms with Crippen LogP contribution < -0.4 is 0 Å². The quantitative estimate of drug-likeness (QED) is 0.691. The Labute approximate surface area is 96.5 Å². The summed E-state index contributed by atoms with van der Waals surface area (Å²) in [6, 6.07) is 4.94. The number of hydrogen-bond acceptors (Lipinski definition) is 0. The number of hydrogen-bond donors (Lipinski definition) is 0. The van der Waals surface area contributed by atoms with Gasteiger partial charge in [0.2, 0.25) is 0 Å². The van der Waals surface area contributed by atoms with Crippen LogP contribution in [0.3, 0.4) is 0 Å². The fraction of sp³-hybridized carbons (Fsp3) is 0.538. The molecule has 0 bridgehead atoms. The highest BCUT2D eigenvalue weighted by atomic mass is 35.5. The SMILES string of the molecule is CCC(C)(CC)Cc1ccc(Cl)cc1F. The molecule has 0 fully saturated rings. The van der Waals surface area contributed by atoms with Crippen LogP contribution in [-0.2, 0) is 6.42 Å². The first-order valence-corrected chi connectivity index (χ1v) is 5.82. The molecule has 0 atom stereocenters. The first-order chi connectivity index (χ1) is 7.00. The van der Waals surface area contributed by atoms with Crippen molar-refractivity contribution in [1.82, 2.24) is 0 Å². The van der Waals surface area contributed by atoms with Crippen molar-refractivity contribution in [3.63, 3.8) is 0 Å².